The molecule has 4 nitrogen and oxygen atoms in total. The minimum atomic E-state index is -3.76. The molecule has 0 heterocycles. The van der Waals surface area contributed by atoms with Gasteiger partial charge in [0.15, 0.2) is 0 Å². The van der Waals surface area contributed by atoms with Gasteiger partial charge in [-0.05, 0) is 29.8 Å². The summed E-state index contributed by atoms with van der Waals surface area (Å²) in [6, 6.07) is 11.9. The summed E-state index contributed by atoms with van der Waals surface area (Å²) in [5.41, 5.74) is 6.35. The molecule has 2 aromatic rings. The highest BCUT2D eigenvalue weighted by Gasteiger charge is 2.23. The topological polar surface area (TPSA) is 63.4 Å². The molecule has 0 aliphatic carbocycles. The highest BCUT2D eigenvalue weighted by atomic mass is 32.2. The lowest BCUT2D eigenvalue weighted by atomic mass is 10.2. The number of nitrogens with zero attached hydrogens (tertiary/aromatic N) is 1. The molecule has 0 amide bonds. The summed E-state index contributed by atoms with van der Waals surface area (Å²) in [5, 5.41) is 0. The lowest BCUT2D eigenvalue weighted by Gasteiger charge is -2.21. The molecule has 0 aliphatic rings. The van der Waals surface area contributed by atoms with Crippen LogP contribution in [-0.4, -0.2) is 15.5 Å². The number of hydrogen-bond acceptors (Lipinski definition) is 3. The Hall–Kier alpha value is -1.92. The van der Waals surface area contributed by atoms with Crippen molar-refractivity contribution in [2.75, 3.05) is 11.4 Å². The van der Waals surface area contributed by atoms with Crippen LogP contribution in [0.5, 0.6) is 0 Å². The smallest absolute Gasteiger partial charge is 0.264 e. The number of anilines is 1. The minimum absolute atomic E-state index is 0.117. The number of sulfonamides is 1. The molecule has 0 saturated carbocycles. The van der Waals surface area contributed by atoms with Gasteiger partial charge < -0.3 is 5.73 Å². The first-order valence-corrected chi connectivity index (χ1v) is 7.43. The maximum Gasteiger partial charge on any atom is 0.264 e. The number of nitrogens with two attached hydrogens (primary N) is 1. The van der Waals surface area contributed by atoms with Gasteiger partial charge in [0.25, 0.3) is 10.0 Å². The summed E-state index contributed by atoms with van der Waals surface area (Å²) in [4.78, 5) is 0.134. The summed E-state index contributed by atoms with van der Waals surface area (Å²) >= 11 is 0. The fourth-order valence-electron chi connectivity index (χ4n) is 1.88. The molecule has 0 atom stereocenters. The second kappa shape index (κ2) is 5.60. The monoisotopic (exact) mass is 294 g/mol. The molecule has 0 spiro atoms. The average molecular weight is 294 g/mol. The van der Waals surface area contributed by atoms with Gasteiger partial charge in [-0.15, -0.1) is 0 Å². The van der Waals surface area contributed by atoms with Crippen LogP contribution in [0.1, 0.15) is 5.56 Å². The van der Waals surface area contributed by atoms with E-state index in [2.05, 4.69) is 0 Å². The third-order valence-electron chi connectivity index (χ3n) is 3.00. The van der Waals surface area contributed by atoms with Crippen LogP contribution in [0.3, 0.4) is 0 Å². The number of hydrogen-bond donors (Lipinski definition) is 1. The Bertz CT molecular complexity index is 717. The number of rotatable bonds is 4. The predicted octanol–water partition coefficient (Wildman–Crippen LogP) is 2.11. The molecule has 0 aliphatic heterocycles. The van der Waals surface area contributed by atoms with Gasteiger partial charge in [0.2, 0.25) is 0 Å². The van der Waals surface area contributed by atoms with Crippen LogP contribution in [0.2, 0.25) is 0 Å². The first-order valence-electron chi connectivity index (χ1n) is 5.99. The molecule has 0 saturated heterocycles. The van der Waals surface area contributed by atoms with Crippen molar-refractivity contribution in [3.05, 3.63) is 59.9 Å². The number of halogens is 1. The van der Waals surface area contributed by atoms with Crippen LogP contribution in [0.4, 0.5) is 10.1 Å². The molecule has 20 heavy (non-hydrogen) atoms. The average Bonchev–Trinajstić information content (AvgIpc) is 2.46. The van der Waals surface area contributed by atoms with Gasteiger partial charge in [-0.1, -0.05) is 24.3 Å². The highest BCUT2D eigenvalue weighted by Crippen LogP contribution is 2.24. The van der Waals surface area contributed by atoms with Crippen molar-refractivity contribution in [3.63, 3.8) is 0 Å². The molecular weight excluding hydrogens is 279 g/mol. The van der Waals surface area contributed by atoms with E-state index in [0.717, 1.165) is 4.31 Å². The largest absolute Gasteiger partial charge is 0.326 e. The minimum Gasteiger partial charge on any atom is -0.326 e. The Morgan fingerprint density at radius 1 is 1.15 bits per heavy atom. The van der Waals surface area contributed by atoms with Crippen molar-refractivity contribution in [1.29, 1.82) is 0 Å². The zero-order chi connectivity index (χ0) is 14.8. The van der Waals surface area contributed by atoms with Crippen molar-refractivity contribution in [2.24, 2.45) is 5.73 Å². The van der Waals surface area contributed by atoms with E-state index >= 15 is 0 Å². The van der Waals surface area contributed by atoms with Gasteiger partial charge in [0.1, 0.15) is 5.82 Å². The molecule has 0 radical (unpaired) electrons. The fraction of sp³-hybridized carbons (Fsp3) is 0.143. The first-order chi connectivity index (χ1) is 9.46. The van der Waals surface area contributed by atoms with Crippen LogP contribution in [0, 0.1) is 5.82 Å². The highest BCUT2D eigenvalue weighted by molar-refractivity contribution is 7.92. The standard InChI is InChI=1S/C14H15FN2O2S/c1-17(13-7-4-6-12(15)9-13)20(18,19)14-8-3-2-5-11(14)10-16/h2-9H,10,16H2,1H3. The maximum absolute atomic E-state index is 13.2. The summed E-state index contributed by atoms with van der Waals surface area (Å²) in [6.07, 6.45) is 0. The first kappa shape index (κ1) is 14.5. The van der Waals surface area contributed by atoms with Gasteiger partial charge in [-0.2, -0.15) is 0 Å². The van der Waals surface area contributed by atoms with Crippen molar-refractivity contribution < 1.29 is 12.8 Å². The lowest BCUT2D eigenvalue weighted by molar-refractivity contribution is 0.593. The zero-order valence-corrected chi connectivity index (χ0v) is 11.8. The van der Waals surface area contributed by atoms with Crippen molar-refractivity contribution in [1.82, 2.24) is 0 Å². The van der Waals surface area contributed by atoms with E-state index in [4.69, 9.17) is 5.73 Å². The van der Waals surface area contributed by atoms with Gasteiger partial charge in [0, 0.05) is 13.6 Å². The Kier molecular flexibility index (Phi) is 4.06. The number of benzene rings is 2. The van der Waals surface area contributed by atoms with E-state index in [1.807, 2.05) is 0 Å². The maximum atomic E-state index is 13.2. The Morgan fingerprint density at radius 3 is 2.50 bits per heavy atom. The van der Waals surface area contributed by atoms with E-state index in [-0.39, 0.29) is 17.1 Å². The third kappa shape index (κ3) is 2.66. The van der Waals surface area contributed by atoms with E-state index in [0.29, 0.717) is 5.56 Å². The lowest BCUT2D eigenvalue weighted by Crippen LogP contribution is -2.27. The molecule has 2 N–H and O–H groups in total. The van der Waals surface area contributed by atoms with Crippen LogP contribution in [0.15, 0.2) is 53.4 Å². The summed E-state index contributed by atoms with van der Waals surface area (Å²) in [5.74, 6) is -0.489. The molecule has 2 aromatic carbocycles. The molecular formula is C14H15FN2O2S. The van der Waals surface area contributed by atoms with Gasteiger partial charge in [0.05, 0.1) is 10.6 Å². The van der Waals surface area contributed by atoms with Crippen LogP contribution >= 0.6 is 0 Å². The zero-order valence-electron chi connectivity index (χ0n) is 11.0. The summed E-state index contributed by atoms with van der Waals surface area (Å²) in [7, 11) is -2.38. The van der Waals surface area contributed by atoms with E-state index < -0.39 is 15.8 Å². The van der Waals surface area contributed by atoms with Gasteiger partial charge in [-0.3, -0.25) is 4.31 Å². The predicted molar refractivity (Wildman–Crippen MR) is 76.3 cm³/mol. The van der Waals surface area contributed by atoms with Crippen molar-refractivity contribution >= 4 is 15.7 Å². The molecule has 0 fully saturated rings. The van der Waals surface area contributed by atoms with E-state index in [1.165, 1.54) is 37.4 Å². The van der Waals surface area contributed by atoms with E-state index in [1.54, 1.807) is 18.2 Å². The SMILES string of the molecule is CN(c1cccc(F)c1)S(=O)(=O)c1ccccc1CN. The molecule has 0 bridgehead atoms. The second-order valence-electron chi connectivity index (χ2n) is 4.26. The third-order valence-corrected chi connectivity index (χ3v) is 4.89. The van der Waals surface area contributed by atoms with Crippen molar-refractivity contribution in [2.45, 2.75) is 11.4 Å². The van der Waals surface area contributed by atoms with Crippen LogP contribution < -0.4 is 10.0 Å². The van der Waals surface area contributed by atoms with Gasteiger partial charge in [-0.25, -0.2) is 12.8 Å². The molecule has 106 valence electrons. The molecule has 0 unspecified atom stereocenters. The molecule has 0 aromatic heterocycles. The quantitative estimate of drug-likeness (QED) is 0.939. The van der Waals surface area contributed by atoms with Crippen LogP contribution in [0.25, 0.3) is 0 Å². The summed E-state index contributed by atoms with van der Waals surface area (Å²) in [6.45, 7) is 0.117. The van der Waals surface area contributed by atoms with E-state index in [9.17, 15) is 12.8 Å². The second-order valence-corrected chi connectivity index (χ2v) is 6.20. The summed E-state index contributed by atoms with van der Waals surface area (Å²) < 4.78 is 39.4. The van der Waals surface area contributed by atoms with Crippen molar-refractivity contribution in [3.8, 4) is 0 Å². The normalized spacial score (nSPS) is 11.3. The molecule has 2 rings (SSSR count). The molecule has 6 heteroatoms. The van der Waals surface area contributed by atoms with Crippen LogP contribution in [-0.2, 0) is 16.6 Å². The Morgan fingerprint density at radius 2 is 1.85 bits per heavy atom. The van der Waals surface area contributed by atoms with Gasteiger partial charge >= 0.3 is 0 Å². The Balaban J connectivity index is 2.50. The fourth-order valence-corrected chi connectivity index (χ4v) is 3.30. The Labute approximate surface area is 117 Å².